The zero-order valence-electron chi connectivity index (χ0n) is 9.88. The Balaban J connectivity index is 0. The van der Waals surface area contributed by atoms with Gasteiger partial charge < -0.3 is 16.0 Å². The van der Waals surface area contributed by atoms with Gasteiger partial charge >= 0.3 is 0 Å². The highest BCUT2D eigenvalue weighted by molar-refractivity contribution is 14.0. The van der Waals surface area contributed by atoms with Gasteiger partial charge in [0, 0.05) is 20.1 Å². The number of nitrogens with one attached hydrogen (secondary N) is 3. The van der Waals surface area contributed by atoms with E-state index < -0.39 is 0 Å². The summed E-state index contributed by atoms with van der Waals surface area (Å²) in [5.41, 5.74) is 0. The molecule has 16 heavy (non-hydrogen) atoms. The summed E-state index contributed by atoms with van der Waals surface area (Å²) in [5, 5.41) is 8.63. The van der Waals surface area contributed by atoms with E-state index in [1.807, 2.05) is 6.92 Å². The average molecular weight is 340 g/mol. The van der Waals surface area contributed by atoms with Crippen LogP contribution < -0.4 is 16.0 Å². The van der Waals surface area contributed by atoms with Gasteiger partial charge in [-0.05, 0) is 6.42 Å². The van der Waals surface area contributed by atoms with Crippen LogP contribution in [0.5, 0.6) is 0 Å². The topological polar surface area (TPSA) is 65.5 Å². The van der Waals surface area contributed by atoms with Gasteiger partial charge in [0.05, 0.1) is 6.54 Å². The standard InChI is InChI=1S/C10H20N4O.HI/c1-4-6-12-9(15)8-14-10(11-3)13-7-5-2;/h5H,2,4,6-8H2,1,3H3,(H,12,15)(H2,11,13,14);1H. The minimum Gasteiger partial charge on any atom is -0.355 e. The summed E-state index contributed by atoms with van der Waals surface area (Å²) >= 11 is 0. The second kappa shape index (κ2) is 12.3. The van der Waals surface area contributed by atoms with Crippen molar-refractivity contribution in [2.24, 2.45) is 4.99 Å². The van der Waals surface area contributed by atoms with Crippen molar-refractivity contribution < 1.29 is 4.79 Å². The van der Waals surface area contributed by atoms with Gasteiger partial charge in [-0.2, -0.15) is 0 Å². The fourth-order valence-corrected chi connectivity index (χ4v) is 0.880. The van der Waals surface area contributed by atoms with Crippen LogP contribution in [0.4, 0.5) is 0 Å². The molecule has 0 radical (unpaired) electrons. The van der Waals surface area contributed by atoms with E-state index in [4.69, 9.17) is 0 Å². The molecule has 0 aromatic rings. The quantitative estimate of drug-likeness (QED) is 0.285. The Bertz CT molecular complexity index is 231. The Morgan fingerprint density at radius 3 is 2.56 bits per heavy atom. The fraction of sp³-hybridized carbons (Fsp3) is 0.600. The molecule has 0 aliphatic carbocycles. The molecule has 0 bridgehead atoms. The Morgan fingerprint density at radius 2 is 2.06 bits per heavy atom. The lowest BCUT2D eigenvalue weighted by Gasteiger charge is -2.10. The maximum absolute atomic E-state index is 11.2. The summed E-state index contributed by atoms with van der Waals surface area (Å²) < 4.78 is 0. The first-order valence-electron chi connectivity index (χ1n) is 5.06. The predicted octanol–water partition coefficient (Wildman–Crippen LogP) is 0.482. The zero-order valence-corrected chi connectivity index (χ0v) is 12.2. The van der Waals surface area contributed by atoms with Gasteiger partial charge in [0.15, 0.2) is 5.96 Å². The molecule has 0 aliphatic heterocycles. The lowest BCUT2D eigenvalue weighted by molar-refractivity contribution is -0.120. The molecular weight excluding hydrogens is 319 g/mol. The SMILES string of the molecule is C=CCNC(=NC)NCC(=O)NCCC.I. The van der Waals surface area contributed by atoms with E-state index in [1.165, 1.54) is 0 Å². The molecule has 0 rings (SSSR count). The van der Waals surface area contributed by atoms with Crippen LogP contribution in [0.3, 0.4) is 0 Å². The number of halogens is 1. The highest BCUT2D eigenvalue weighted by Crippen LogP contribution is 1.72. The zero-order chi connectivity index (χ0) is 11.5. The molecule has 0 aromatic carbocycles. The summed E-state index contributed by atoms with van der Waals surface area (Å²) in [6.07, 6.45) is 2.67. The van der Waals surface area contributed by atoms with Crippen LogP contribution in [-0.2, 0) is 4.79 Å². The van der Waals surface area contributed by atoms with E-state index in [0.29, 0.717) is 19.0 Å². The van der Waals surface area contributed by atoms with Gasteiger partial charge in [-0.15, -0.1) is 30.6 Å². The second-order valence-electron chi connectivity index (χ2n) is 2.95. The number of hydrogen-bond acceptors (Lipinski definition) is 2. The van der Waals surface area contributed by atoms with Crippen LogP contribution in [0.25, 0.3) is 0 Å². The maximum Gasteiger partial charge on any atom is 0.239 e. The van der Waals surface area contributed by atoms with Crippen molar-refractivity contribution in [2.45, 2.75) is 13.3 Å². The lowest BCUT2D eigenvalue weighted by Crippen LogP contribution is -2.43. The molecule has 94 valence electrons. The third-order valence-corrected chi connectivity index (χ3v) is 1.63. The van der Waals surface area contributed by atoms with Crippen LogP contribution in [0, 0.1) is 0 Å². The molecule has 0 aromatic heterocycles. The molecule has 1 amide bonds. The summed E-state index contributed by atoms with van der Waals surface area (Å²) in [5.74, 6) is 0.569. The van der Waals surface area contributed by atoms with Crippen molar-refractivity contribution in [3.05, 3.63) is 12.7 Å². The first kappa shape index (κ1) is 17.6. The Kier molecular flexibility index (Phi) is 13.5. The monoisotopic (exact) mass is 340 g/mol. The molecule has 0 saturated carbocycles. The number of guanidine groups is 1. The van der Waals surface area contributed by atoms with Gasteiger partial charge in [0.1, 0.15) is 0 Å². The molecule has 0 fully saturated rings. The van der Waals surface area contributed by atoms with Crippen molar-refractivity contribution in [3.63, 3.8) is 0 Å². The van der Waals surface area contributed by atoms with Crippen molar-refractivity contribution in [2.75, 3.05) is 26.7 Å². The number of hydrogen-bond donors (Lipinski definition) is 3. The van der Waals surface area contributed by atoms with Gasteiger partial charge in [-0.3, -0.25) is 9.79 Å². The number of aliphatic imine (C=N–C) groups is 1. The Labute approximate surface area is 114 Å². The summed E-state index contributed by atoms with van der Waals surface area (Å²) in [4.78, 5) is 15.2. The molecule has 5 nitrogen and oxygen atoms in total. The Hall–Kier alpha value is -0.790. The van der Waals surface area contributed by atoms with Crippen molar-refractivity contribution in [1.29, 1.82) is 0 Å². The van der Waals surface area contributed by atoms with Gasteiger partial charge in [0.2, 0.25) is 5.91 Å². The fourth-order valence-electron chi connectivity index (χ4n) is 0.880. The third kappa shape index (κ3) is 9.75. The number of carbonyl (C=O) groups excluding carboxylic acids is 1. The van der Waals surface area contributed by atoms with Crippen molar-refractivity contribution in [3.8, 4) is 0 Å². The second-order valence-corrected chi connectivity index (χ2v) is 2.95. The third-order valence-electron chi connectivity index (χ3n) is 1.63. The smallest absolute Gasteiger partial charge is 0.239 e. The van der Waals surface area contributed by atoms with Crippen LogP contribution >= 0.6 is 24.0 Å². The molecule has 6 heteroatoms. The molecule has 0 saturated heterocycles. The highest BCUT2D eigenvalue weighted by atomic mass is 127. The normalized spacial score (nSPS) is 10.0. The molecule has 0 heterocycles. The molecule has 0 atom stereocenters. The molecule has 0 unspecified atom stereocenters. The van der Waals surface area contributed by atoms with E-state index in [0.717, 1.165) is 6.42 Å². The number of amides is 1. The first-order chi connectivity index (χ1) is 7.24. The van der Waals surface area contributed by atoms with Crippen molar-refractivity contribution in [1.82, 2.24) is 16.0 Å². The summed E-state index contributed by atoms with van der Waals surface area (Å²) in [6, 6.07) is 0. The van der Waals surface area contributed by atoms with E-state index in [1.54, 1.807) is 13.1 Å². The maximum atomic E-state index is 11.2. The van der Waals surface area contributed by atoms with E-state index in [2.05, 4.69) is 27.5 Å². The van der Waals surface area contributed by atoms with Gasteiger partial charge in [-0.1, -0.05) is 13.0 Å². The minimum atomic E-state index is -0.0293. The molecule has 0 spiro atoms. The van der Waals surface area contributed by atoms with E-state index >= 15 is 0 Å². The number of nitrogens with zero attached hydrogens (tertiary/aromatic N) is 1. The van der Waals surface area contributed by atoms with Gasteiger partial charge in [0.25, 0.3) is 0 Å². The highest BCUT2D eigenvalue weighted by Gasteiger charge is 2.00. The number of rotatable bonds is 6. The first-order valence-corrected chi connectivity index (χ1v) is 5.06. The largest absolute Gasteiger partial charge is 0.355 e. The average Bonchev–Trinajstić information content (AvgIpc) is 2.26. The predicted molar refractivity (Wildman–Crippen MR) is 78.3 cm³/mol. The molecule has 3 N–H and O–H groups in total. The van der Waals surface area contributed by atoms with Crippen molar-refractivity contribution >= 4 is 35.8 Å². The Morgan fingerprint density at radius 1 is 1.38 bits per heavy atom. The van der Waals surface area contributed by atoms with Gasteiger partial charge in [-0.25, -0.2) is 0 Å². The molecular formula is C10H21IN4O. The van der Waals surface area contributed by atoms with E-state index in [-0.39, 0.29) is 36.4 Å². The lowest BCUT2D eigenvalue weighted by atomic mass is 10.4. The summed E-state index contributed by atoms with van der Waals surface area (Å²) in [7, 11) is 1.66. The van der Waals surface area contributed by atoms with E-state index in [9.17, 15) is 4.79 Å². The van der Waals surface area contributed by atoms with Crippen LogP contribution in [0.1, 0.15) is 13.3 Å². The summed E-state index contributed by atoms with van der Waals surface area (Å²) in [6.45, 7) is 7.15. The molecule has 0 aliphatic rings. The van der Waals surface area contributed by atoms with Crippen LogP contribution in [0.2, 0.25) is 0 Å². The van der Waals surface area contributed by atoms with Crippen LogP contribution in [-0.4, -0.2) is 38.5 Å². The number of carbonyl (C=O) groups is 1. The van der Waals surface area contributed by atoms with Crippen LogP contribution in [0.15, 0.2) is 17.6 Å². The minimum absolute atomic E-state index is 0.